The number of fused-ring (bicyclic) bond motifs is 2. The van der Waals surface area contributed by atoms with Crippen molar-refractivity contribution < 1.29 is 9.53 Å². The summed E-state index contributed by atoms with van der Waals surface area (Å²) >= 11 is 0. The molecule has 3 N–H and O–H groups in total. The summed E-state index contributed by atoms with van der Waals surface area (Å²) in [5, 5.41) is 5.80. The summed E-state index contributed by atoms with van der Waals surface area (Å²) in [7, 11) is 1.69. The molecule has 5 rings (SSSR count). The lowest BCUT2D eigenvalue weighted by atomic mass is 10.1. The highest BCUT2D eigenvalue weighted by molar-refractivity contribution is 6.12. The number of hydrogen-bond acceptors (Lipinski definition) is 5. The van der Waals surface area contributed by atoms with E-state index in [2.05, 4.69) is 25.4 Å². The zero-order chi connectivity index (χ0) is 20.1. The highest BCUT2D eigenvalue weighted by Crippen LogP contribution is 2.29. The fraction of sp³-hybridized carbons (Fsp3) is 0.300. The summed E-state index contributed by atoms with van der Waals surface area (Å²) in [5.41, 5.74) is 3.30. The van der Waals surface area contributed by atoms with Crippen molar-refractivity contribution >= 4 is 33.7 Å². The molecule has 0 spiro atoms. The molecule has 0 radical (unpaired) electrons. The van der Waals surface area contributed by atoms with Crippen LogP contribution >= 0.6 is 0 Å². The second kappa shape index (κ2) is 6.56. The first-order valence-corrected chi connectivity index (χ1v) is 9.48. The van der Waals surface area contributed by atoms with Gasteiger partial charge in [-0.25, -0.2) is 9.97 Å². The molecule has 1 atom stereocenters. The van der Waals surface area contributed by atoms with Gasteiger partial charge in [0.05, 0.1) is 22.0 Å². The van der Waals surface area contributed by atoms with E-state index in [9.17, 15) is 9.59 Å². The molecule has 148 valence electrons. The van der Waals surface area contributed by atoms with Crippen LogP contribution in [-0.4, -0.2) is 37.2 Å². The SMILES string of the molecule is Cc1cc(C(=O)Nc2ccc3nc(C4CCCO4)[nH]c3c2)c2c(=O)[nH]n(C)c2n1. The van der Waals surface area contributed by atoms with Gasteiger partial charge in [-0.3, -0.25) is 19.4 Å². The first kappa shape index (κ1) is 17.6. The monoisotopic (exact) mass is 392 g/mol. The Bertz CT molecular complexity index is 1310. The molecule has 0 saturated carbocycles. The number of hydrogen-bond donors (Lipinski definition) is 3. The second-order valence-electron chi connectivity index (χ2n) is 7.32. The number of H-pyrrole nitrogens is 2. The van der Waals surface area contributed by atoms with E-state index in [1.54, 1.807) is 26.1 Å². The molecule has 9 nitrogen and oxygen atoms in total. The number of aromatic amines is 2. The molecule has 9 heteroatoms. The van der Waals surface area contributed by atoms with Crippen molar-refractivity contribution in [1.82, 2.24) is 24.7 Å². The molecule has 29 heavy (non-hydrogen) atoms. The molecule has 1 aliphatic heterocycles. The number of carbonyl (C=O) groups is 1. The summed E-state index contributed by atoms with van der Waals surface area (Å²) in [4.78, 5) is 37.4. The van der Waals surface area contributed by atoms with E-state index < -0.39 is 0 Å². The molecule has 0 aliphatic carbocycles. The van der Waals surface area contributed by atoms with Gasteiger partial charge in [0.15, 0.2) is 5.65 Å². The molecule has 0 bridgehead atoms. The third-order valence-electron chi connectivity index (χ3n) is 5.18. The molecule has 4 aromatic rings. The van der Waals surface area contributed by atoms with Gasteiger partial charge in [-0.1, -0.05) is 0 Å². The zero-order valence-corrected chi connectivity index (χ0v) is 16.1. The number of carbonyl (C=O) groups excluding carboxylic acids is 1. The number of aromatic nitrogens is 5. The molecule has 1 aliphatic rings. The van der Waals surface area contributed by atoms with Crippen molar-refractivity contribution in [3.8, 4) is 0 Å². The van der Waals surface area contributed by atoms with Gasteiger partial charge in [0.25, 0.3) is 11.5 Å². The molecule has 1 saturated heterocycles. The van der Waals surface area contributed by atoms with Crippen LogP contribution in [-0.2, 0) is 11.8 Å². The minimum atomic E-state index is -0.365. The van der Waals surface area contributed by atoms with Gasteiger partial charge in [-0.05, 0) is 44.0 Å². The first-order chi connectivity index (χ1) is 14.0. The topological polar surface area (TPSA) is 118 Å². The van der Waals surface area contributed by atoms with Crippen LogP contribution in [0.4, 0.5) is 5.69 Å². The standard InChI is InChI=1S/C20H20N6O3/c1-10-8-12(16-18(21-10)26(2)25-20(16)28)19(27)22-11-5-6-13-14(9-11)24-17(23-13)15-4-3-7-29-15/h5-6,8-9,15H,3-4,7H2,1-2H3,(H,22,27)(H,23,24)(H,25,28). The van der Waals surface area contributed by atoms with Crippen LogP contribution < -0.4 is 10.9 Å². The number of pyridine rings is 1. The largest absolute Gasteiger partial charge is 0.370 e. The minimum Gasteiger partial charge on any atom is -0.370 e. The van der Waals surface area contributed by atoms with Gasteiger partial charge in [0.1, 0.15) is 11.9 Å². The number of rotatable bonds is 3. The Morgan fingerprint density at radius 1 is 1.31 bits per heavy atom. The van der Waals surface area contributed by atoms with E-state index in [-0.39, 0.29) is 23.0 Å². The smallest absolute Gasteiger partial charge is 0.274 e. The Labute approximate surface area is 165 Å². The van der Waals surface area contributed by atoms with Crippen molar-refractivity contribution in [3.05, 3.63) is 51.7 Å². The highest BCUT2D eigenvalue weighted by Gasteiger charge is 2.22. The van der Waals surface area contributed by atoms with E-state index in [4.69, 9.17) is 4.74 Å². The van der Waals surface area contributed by atoms with Crippen molar-refractivity contribution in [1.29, 1.82) is 0 Å². The maximum Gasteiger partial charge on any atom is 0.274 e. The lowest BCUT2D eigenvalue weighted by Crippen LogP contribution is -2.15. The van der Waals surface area contributed by atoms with Gasteiger partial charge < -0.3 is 15.0 Å². The molecule has 1 unspecified atom stereocenters. The lowest BCUT2D eigenvalue weighted by Gasteiger charge is -2.07. The van der Waals surface area contributed by atoms with Crippen LogP contribution in [0.15, 0.2) is 29.1 Å². The van der Waals surface area contributed by atoms with Gasteiger partial charge in [-0.2, -0.15) is 0 Å². The summed E-state index contributed by atoms with van der Waals surface area (Å²) in [6.45, 7) is 2.54. The van der Waals surface area contributed by atoms with Crippen LogP contribution in [0.3, 0.4) is 0 Å². The van der Waals surface area contributed by atoms with Crippen LogP contribution in [0.25, 0.3) is 22.1 Å². The number of nitrogens with one attached hydrogen (secondary N) is 3. The maximum absolute atomic E-state index is 12.9. The number of nitrogens with zero attached hydrogens (tertiary/aromatic N) is 3. The normalized spacial score (nSPS) is 16.7. The van der Waals surface area contributed by atoms with E-state index in [1.165, 1.54) is 4.68 Å². The lowest BCUT2D eigenvalue weighted by molar-refractivity contribution is 0.102. The Morgan fingerprint density at radius 3 is 2.97 bits per heavy atom. The number of benzene rings is 1. The fourth-order valence-corrected chi connectivity index (χ4v) is 3.81. The molecule has 1 fully saturated rings. The predicted octanol–water partition coefficient (Wildman–Crippen LogP) is 2.55. The van der Waals surface area contributed by atoms with E-state index in [0.29, 0.717) is 22.6 Å². The third-order valence-corrected chi connectivity index (χ3v) is 5.18. The minimum absolute atomic E-state index is 0.00155. The van der Waals surface area contributed by atoms with Crippen molar-refractivity contribution in [3.63, 3.8) is 0 Å². The summed E-state index contributed by atoms with van der Waals surface area (Å²) in [5.74, 6) is 0.443. The Kier molecular flexibility index (Phi) is 3.99. The zero-order valence-electron chi connectivity index (χ0n) is 16.1. The summed E-state index contributed by atoms with van der Waals surface area (Å²) in [6, 6.07) is 7.10. The van der Waals surface area contributed by atoms with Crippen LogP contribution in [0.2, 0.25) is 0 Å². The van der Waals surface area contributed by atoms with E-state index in [0.717, 1.165) is 36.3 Å². The Hall–Kier alpha value is -3.46. The number of aryl methyl sites for hydroxylation is 2. The van der Waals surface area contributed by atoms with Crippen molar-refractivity contribution in [2.45, 2.75) is 25.9 Å². The van der Waals surface area contributed by atoms with E-state index >= 15 is 0 Å². The third kappa shape index (κ3) is 2.99. The van der Waals surface area contributed by atoms with Crippen LogP contribution in [0.1, 0.15) is 40.8 Å². The average molecular weight is 392 g/mol. The van der Waals surface area contributed by atoms with Gasteiger partial charge >= 0.3 is 0 Å². The first-order valence-electron chi connectivity index (χ1n) is 9.48. The summed E-state index contributed by atoms with van der Waals surface area (Å²) in [6.07, 6.45) is 1.98. The van der Waals surface area contributed by atoms with Crippen LogP contribution in [0.5, 0.6) is 0 Å². The molecule has 1 aromatic carbocycles. The molecule has 4 heterocycles. The predicted molar refractivity (Wildman–Crippen MR) is 108 cm³/mol. The number of imidazole rings is 1. The van der Waals surface area contributed by atoms with E-state index in [1.807, 2.05) is 12.1 Å². The number of amides is 1. The Morgan fingerprint density at radius 2 is 2.17 bits per heavy atom. The molecule has 3 aromatic heterocycles. The quantitative estimate of drug-likeness (QED) is 0.495. The maximum atomic E-state index is 12.9. The number of ether oxygens (including phenoxy) is 1. The highest BCUT2D eigenvalue weighted by atomic mass is 16.5. The van der Waals surface area contributed by atoms with Crippen LogP contribution in [0, 0.1) is 6.92 Å². The number of anilines is 1. The van der Waals surface area contributed by atoms with Crippen molar-refractivity contribution in [2.75, 3.05) is 11.9 Å². The van der Waals surface area contributed by atoms with Gasteiger partial charge in [0.2, 0.25) is 0 Å². The second-order valence-corrected chi connectivity index (χ2v) is 7.32. The fourth-order valence-electron chi connectivity index (χ4n) is 3.81. The summed E-state index contributed by atoms with van der Waals surface area (Å²) < 4.78 is 7.20. The Balaban J connectivity index is 1.48. The molecular weight excluding hydrogens is 372 g/mol. The average Bonchev–Trinajstić information content (AvgIpc) is 3.40. The molecular formula is C20H20N6O3. The van der Waals surface area contributed by atoms with Gasteiger partial charge in [-0.15, -0.1) is 0 Å². The van der Waals surface area contributed by atoms with Crippen molar-refractivity contribution in [2.24, 2.45) is 7.05 Å². The van der Waals surface area contributed by atoms with Gasteiger partial charge in [0, 0.05) is 25.0 Å². The molecule has 1 amide bonds.